The summed E-state index contributed by atoms with van der Waals surface area (Å²) in [7, 11) is 3.22. The molecule has 0 fully saturated rings. The first-order chi connectivity index (χ1) is 20.7. The summed E-state index contributed by atoms with van der Waals surface area (Å²) < 4.78 is 32.7. The predicted octanol–water partition coefficient (Wildman–Crippen LogP) is 7.72. The van der Waals surface area contributed by atoms with Crippen LogP contribution in [0.1, 0.15) is 42.0 Å². The Kier molecular flexibility index (Phi) is 9.10. The summed E-state index contributed by atoms with van der Waals surface area (Å²) in [5.41, 5.74) is 4.56. The van der Waals surface area contributed by atoms with E-state index in [2.05, 4.69) is 41.5 Å². The van der Waals surface area contributed by atoms with Gasteiger partial charge in [-0.25, -0.2) is 9.37 Å². The second-order valence-corrected chi connectivity index (χ2v) is 11.5. The van der Waals surface area contributed by atoms with Gasteiger partial charge in [0.05, 0.1) is 34.9 Å². The van der Waals surface area contributed by atoms with E-state index in [9.17, 15) is 9.18 Å². The lowest BCUT2D eigenvalue weighted by Crippen LogP contribution is -2.21. The number of aryl methyl sites for hydroxylation is 1. The summed E-state index contributed by atoms with van der Waals surface area (Å²) in [4.78, 5) is 18.7. The molecule has 0 spiro atoms. The monoisotopic (exact) mass is 691 g/mol. The van der Waals surface area contributed by atoms with Crippen molar-refractivity contribution >= 4 is 39.7 Å². The van der Waals surface area contributed by atoms with E-state index in [1.54, 1.807) is 44.7 Å². The van der Waals surface area contributed by atoms with Crippen LogP contribution in [0.3, 0.4) is 0 Å². The third-order valence-corrected chi connectivity index (χ3v) is 7.87. The number of nitrogens with zero attached hydrogens (tertiary/aromatic N) is 3. The SMILES string of the molecule is COc1cc(C)c(-c2nc3ccccc3c(=O)n2N=Cc2cc(I)c(OCc3ccc(F)cc3)c(OC)c2)cc1C(C)C. The van der Waals surface area contributed by atoms with Gasteiger partial charge in [0.1, 0.15) is 18.2 Å². The van der Waals surface area contributed by atoms with Gasteiger partial charge in [-0.1, -0.05) is 38.1 Å². The van der Waals surface area contributed by atoms with Gasteiger partial charge in [-0.2, -0.15) is 9.78 Å². The highest BCUT2D eigenvalue weighted by Gasteiger charge is 2.19. The average Bonchev–Trinajstić information content (AvgIpc) is 3.00. The molecular formula is C34H31FIN3O4. The lowest BCUT2D eigenvalue weighted by atomic mass is 9.96. The number of halogens is 2. The maximum absolute atomic E-state index is 13.8. The van der Waals surface area contributed by atoms with Gasteiger partial charge in [-0.15, -0.1) is 0 Å². The van der Waals surface area contributed by atoms with Crippen molar-refractivity contribution < 1.29 is 18.6 Å². The summed E-state index contributed by atoms with van der Waals surface area (Å²) in [5, 5.41) is 5.13. The maximum Gasteiger partial charge on any atom is 0.282 e. The third kappa shape index (κ3) is 6.41. The van der Waals surface area contributed by atoms with E-state index in [4.69, 9.17) is 19.2 Å². The Morgan fingerprint density at radius 1 is 1.00 bits per heavy atom. The second-order valence-electron chi connectivity index (χ2n) is 10.3. The van der Waals surface area contributed by atoms with E-state index in [0.29, 0.717) is 33.8 Å². The fourth-order valence-electron chi connectivity index (χ4n) is 4.79. The minimum Gasteiger partial charge on any atom is -0.496 e. The highest BCUT2D eigenvalue weighted by Crippen LogP contribution is 2.35. The van der Waals surface area contributed by atoms with Crippen LogP contribution in [0.4, 0.5) is 4.39 Å². The summed E-state index contributed by atoms with van der Waals surface area (Å²) in [6, 6.07) is 21.1. The van der Waals surface area contributed by atoms with Gasteiger partial charge in [-0.05, 0) is 106 Å². The molecule has 0 N–H and O–H groups in total. The van der Waals surface area contributed by atoms with Crippen LogP contribution in [-0.4, -0.2) is 30.1 Å². The van der Waals surface area contributed by atoms with E-state index < -0.39 is 0 Å². The molecule has 0 radical (unpaired) electrons. The van der Waals surface area contributed by atoms with Crippen molar-refractivity contribution in [3.05, 3.63) is 115 Å². The van der Waals surface area contributed by atoms with Crippen LogP contribution in [0, 0.1) is 16.3 Å². The number of benzene rings is 4. The first-order valence-electron chi connectivity index (χ1n) is 13.7. The van der Waals surface area contributed by atoms with Crippen molar-refractivity contribution in [1.29, 1.82) is 0 Å². The Bertz CT molecular complexity index is 1880. The van der Waals surface area contributed by atoms with Crippen LogP contribution in [0.25, 0.3) is 22.3 Å². The fourth-order valence-corrected chi connectivity index (χ4v) is 5.57. The molecule has 0 saturated carbocycles. The Labute approximate surface area is 263 Å². The van der Waals surface area contributed by atoms with Crippen molar-refractivity contribution in [2.24, 2.45) is 5.10 Å². The lowest BCUT2D eigenvalue weighted by molar-refractivity contribution is 0.282. The molecule has 0 atom stereocenters. The highest BCUT2D eigenvalue weighted by atomic mass is 127. The van der Waals surface area contributed by atoms with E-state index in [1.807, 2.05) is 43.3 Å². The zero-order valence-electron chi connectivity index (χ0n) is 24.5. The van der Waals surface area contributed by atoms with Crippen molar-refractivity contribution in [1.82, 2.24) is 9.66 Å². The number of fused-ring (bicyclic) bond motifs is 1. The summed E-state index contributed by atoms with van der Waals surface area (Å²) >= 11 is 2.17. The molecule has 0 aliphatic rings. The molecule has 7 nitrogen and oxygen atoms in total. The van der Waals surface area contributed by atoms with E-state index in [-0.39, 0.29) is 23.9 Å². The van der Waals surface area contributed by atoms with Gasteiger partial charge in [-0.3, -0.25) is 4.79 Å². The summed E-state index contributed by atoms with van der Waals surface area (Å²) in [5.74, 6) is 2.18. The number of ether oxygens (including phenoxy) is 3. The van der Waals surface area contributed by atoms with Gasteiger partial charge in [0.25, 0.3) is 5.56 Å². The van der Waals surface area contributed by atoms with E-state index in [1.165, 1.54) is 16.8 Å². The maximum atomic E-state index is 13.8. The van der Waals surface area contributed by atoms with Crippen molar-refractivity contribution in [2.45, 2.75) is 33.3 Å². The Morgan fingerprint density at radius 2 is 1.72 bits per heavy atom. The number of hydrogen-bond acceptors (Lipinski definition) is 6. The van der Waals surface area contributed by atoms with Crippen LogP contribution in [0.5, 0.6) is 17.2 Å². The van der Waals surface area contributed by atoms with Crippen LogP contribution < -0.4 is 19.8 Å². The molecule has 5 rings (SSSR count). The van der Waals surface area contributed by atoms with Gasteiger partial charge < -0.3 is 14.2 Å². The Morgan fingerprint density at radius 3 is 2.42 bits per heavy atom. The van der Waals surface area contributed by atoms with Gasteiger partial charge in [0.15, 0.2) is 17.3 Å². The molecule has 43 heavy (non-hydrogen) atoms. The van der Waals surface area contributed by atoms with Crippen molar-refractivity contribution in [3.63, 3.8) is 0 Å². The number of aromatic nitrogens is 2. The third-order valence-electron chi connectivity index (χ3n) is 7.06. The number of rotatable bonds is 9. The molecule has 0 saturated heterocycles. The van der Waals surface area contributed by atoms with Crippen molar-refractivity contribution in [3.8, 4) is 28.6 Å². The average molecular weight is 692 g/mol. The molecule has 1 heterocycles. The number of methoxy groups -OCH3 is 2. The Balaban J connectivity index is 1.58. The normalized spacial score (nSPS) is 11.4. The zero-order chi connectivity index (χ0) is 30.7. The summed E-state index contributed by atoms with van der Waals surface area (Å²) in [6.45, 7) is 6.41. The molecular weight excluding hydrogens is 660 g/mol. The molecule has 0 amide bonds. The smallest absolute Gasteiger partial charge is 0.282 e. The van der Waals surface area contributed by atoms with E-state index >= 15 is 0 Å². The molecule has 0 aliphatic heterocycles. The fraction of sp³-hybridized carbons (Fsp3) is 0.206. The first kappa shape index (κ1) is 30.2. The van der Waals surface area contributed by atoms with E-state index in [0.717, 1.165) is 31.6 Å². The number of para-hydroxylation sites is 1. The zero-order valence-corrected chi connectivity index (χ0v) is 26.7. The van der Waals surface area contributed by atoms with Crippen LogP contribution in [0.15, 0.2) is 82.7 Å². The Hall–Kier alpha value is -4.25. The highest BCUT2D eigenvalue weighted by molar-refractivity contribution is 14.1. The topological polar surface area (TPSA) is 74.9 Å². The molecule has 5 aromatic rings. The minimum atomic E-state index is -0.300. The predicted molar refractivity (Wildman–Crippen MR) is 176 cm³/mol. The quantitative estimate of drug-likeness (QED) is 0.117. The summed E-state index contributed by atoms with van der Waals surface area (Å²) in [6.07, 6.45) is 1.61. The number of hydrogen-bond donors (Lipinski definition) is 0. The largest absolute Gasteiger partial charge is 0.496 e. The standard InChI is InChI=1S/C34H31FIN3O4/c1-20(2)26-17-27(21(3)14-30(26)41-4)33-38-29-9-7-6-8-25(29)34(40)39(33)37-18-23-15-28(36)32(31(16-23)42-5)43-19-22-10-12-24(35)13-11-22/h6-18,20H,19H2,1-5H3. The molecule has 1 aromatic heterocycles. The van der Waals surface area contributed by atoms with Crippen LogP contribution in [-0.2, 0) is 6.61 Å². The van der Waals surface area contributed by atoms with Gasteiger partial charge >= 0.3 is 0 Å². The van der Waals surface area contributed by atoms with Crippen molar-refractivity contribution in [2.75, 3.05) is 14.2 Å². The van der Waals surface area contributed by atoms with Gasteiger partial charge in [0, 0.05) is 5.56 Å². The molecule has 220 valence electrons. The molecule has 0 bridgehead atoms. The molecule has 9 heteroatoms. The van der Waals surface area contributed by atoms with Crippen LogP contribution in [0.2, 0.25) is 0 Å². The minimum absolute atomic E-state index is 0.191. The second kappa shape index (κ2) is 12.9. The molecule has 0 unspecified atom stereocenters. The van der Waals surface area contributed by atoms with Gasteiger partial charge in [0.2, 0.25) is 0 Å². The first-order valence-corrected chi connectivity index (χ1v) is 14.8. The molecule has 0 aliphatic carbocycles. The van der Waals surface area contributed by atoms with Crippen LogP contribution >= 0.6 is 22.6 Å². The lowest BCUT2D eigenvalue weighted by Gasteiger charge is -2.17. The molecule has 4 aromatic carbocycles.